The Labute approximate surface area is 135 Å². The Hall–Kier alpha value is -2.36. The number of hydrogen-bond donors (Lipinski definition) is 1. The summed E-state index contributed by atoms with van der Waals surface area (Å²) in [5, 5.41) is 4.23. The lowest BCUT2D eigenvalue weighted by atomic mass is 9.90. The zero-order chi connectivity index (χ0) is 16.2. The molecule has 1 N–H and O–H groups in total. The predicted molar refractivity (Wildman–Crippen MR) is 91.8 cm³/mol. The van der Waals surface area contributed by atoms with Gasteiger partial charge < -0.3 is 14.5 Å². The van der Waals surface area contributed by atoms with E-state index in [-0.39, 0.29) is 0 Å². The number of aldehydes is 1. The second kappa shape index (κ2) is 6.82. The molecule has 4 heteroatoms. The van der Waals surface area contributed by atoms with Crippen LogP contribution >= 0.6 is 0 Å². The van der Waals surface area contributed by atoms with Crippen LogP contribution in [0.3, 0.4) is 0 Å². The van der Waals surface area contributed by atoms with Crippen molar-refractivity contribution in [2.24, 2.45) is 5.92 Å². The summed E-state index contributed by atoms with van der Waals surface area (Å²) >= 11 is 0. The van der Waals surface area contributed by atoms with Crippen molar-refractivity contribution in [1.29, 1.82) is 0 Å². The molecule has 4 nitrogen and oxygen atoms in total. The topological polar surface area (TPSA) is 55.1 Å². The minimum atomic E-state index is 0.363. The summed E-state index contributed by atoms with van der Waals surface area (Å²) in [5.74, 6) is 0.363. The van der Waals surface area contributed by atoms with Gasteiger partial charge in [0.05, 0.1) is 0 Å². The third-order valence-electron chi connectivity index (χ3n) is 4.35. The van der Waals surface area contributed by atoms with Crippen LogP contribution in [-0.2, 0) is 4.79 Å². The zero-order valence-electron chi connectivity index (χ0n) is 13.6. The Morgan fingerprint density at radius 3 is 2.96 bits per heavy atom. The predicted octanol–water partition coefficient (Wildman–Crippen LogP) is 3.07. The van der Waals surface area contributed by atoms with Crippen LogP contribution in [0.25, 0.3) is 11.6 Å². The molecule has 0 bridgehead atoms. The van der Waals surface area contributed by atoms with E-state index in [0.717, 1.165) is 47.6 Å². The van der Waals surface area contributed by atoms with Gasteiger partial charge in [-0.1, -0.05) is 25.1 Å². The van der Waals surface area contributed by atoms with E-state index in [9.17, 15) is 4.79 Å². The number of hydrogen-bond acceptors (Lipinski definition) is 4. The minimum Gasteiger partial charge on any atom is -0.424 e. The third-order valence-corrected chi connectivity index (χ3v) is 4.35. The number of rotatable bonds is 6. The molecule has 1 aliphatic carbocycles. The summed E-state index contributed by atoms with van der Waals surface area (Å²) in [4.78, 5) is 15.3. The first kappa shape index (κ1) is 15.5. The van der Waals surface area contributed by atoms with Crippen molar-refractivity contribution >= 4 is 29.6 Å². The molecule has 0 fully saturated rings. The zero-order valence-corrected chi connectivity index (χ0v) is 13.6. The van der Waals surface area contributed by atoms with Crippen LogP contribution in [0, 0.1) is 12.8 Å². The summed E-state index contributed by atoms with van der Waals surface area (Å²) in [6.07, 6.45) is 6.49. The van der Waals surface area contributed by atoms with E-state index in [2.05, 4.69) is 36.3 Å². The first-order valence-electron chi connectivity index (χ1n) is 8.18. The molecule has 0 aliphatic heterocycles. The van der Waals surface area contributed by atoms with E-state index in [4.69, 9.17) is 4.42 Å². The molecule has 1 atom stereocenters. The van der Waals surface area contributed by atoms with Crippen molar-refractivity contribution in [3.63, 3.8) is 0 Å². The SMILES string of the molecule is CCC1=c2nc(Nc3ccccc3C)oc2=CC(CCC=O)C1. The molecule has 0 amide bonds. The number of benzene rings is 1. The van der Waals surface area contributed by atoms with Crippen molar-refractivity contribution in [3.05, 3.63) is 40.6 Å². The number of anilines is 2. The summed E-state index contributed by atoms with van der Waals surface area (Å²) in [6, 6.07) is 8.59. The number of oxazole rings is 1. The quantitative estimate of drug-likeness (QED) is 0.833. The average molecular weight is 310 g/mol. The van der Waals surface area contributed by atoms with Crippen LogP contribution in [0.1, 0.15) is 38.2 Å². The van der Waals surface area contributed by atoms with E-state index in [1.165, 1.54) is 5.57 Å². The number of aryl methyl sites for hydroxylation is 1. The molecule has 0 spiro atoms. The average Bonchev–Trinajstić information content (AvgIpc) is 2.96. The molecular formula is C19H22N2O2. The standard InChI is InChI=1S/C19H22N2O2/c1-3-15-11-14(8-6-10-22)12-17-18(15)21-19(23-17)20-16-9-5-4-7-13(16)2/h4-5,7,9-10,12,14H,3,6,8,11H2,1-2H3,(H,20,21). The number of fused-ring (bicyclic) bond motifs is 1. The highest BCUT2D eigenvalue weighted by Crippen LogP contribution is 2.23. The lowest BCUT2D eigenvalue weighted by Crippen LogP contribution is -2.30. The lowest BCUT2D eigenvalue weighted by molar-refractivity contribution is -0.108. The highest BCUT2D eigenvalue weighted by Gasteiger charge is 2.17. The van der Waals surface area contributed by atoms with Gasteiger partial charge in [-0.2, -0.15) is 4.98 Å². The Morgan fingerprint density at radius 2 is 2.22 bits per heavy atom. The summed E-state index contributed by atoms with van der Waals surface area (Å²) < 4.78 is 5.92. The van der Waals surface area contributed by atoms with Crippen molar-refractivity contribution in [1.82, 2.24) is 4.98 Å². The third kappa shape index (κ3) is 3.36. The fraction of sp³-hybridized carbons (Fsp3) is 0.368. The number of aromatic nitrogens is 1. The fourth-order valence-corrected chi connectivity index (χ4v) is 3.05. The Bertz CT molecular complexity index is 820. The molecule has 0 saturated heterocycles. The van der Waals surface area contributed by atoms with Gasteiger partial charge in [-0.05, 0) is 55.4 Å². The largest absolute Gasteiger partial charge is 0.424 e. The van der Waals surface area contributed by atoms with Gasteiger partial charge in [0, 0.05) is 12.1 Å². The van der Waals surface area contributed by atoms with Crippen molar-refractivity contribution in [2.75, 3.05) is 5.32 Å². The Balaban J connectivity index is 1.94. The maximum atomic E-state index is 10.6. The molecule has 0 saturated carbocycles. The second-order valence-corrected chi connectivity index (χ2v) is 6.00. The second-order valence-electron chi connectivity index (χ2n) is 6.00. The van der Waals surface area contributed by atoms with Crippen molar-refractivity contribution < 1.29 is 9.21 Å². The molecule has 23 heavy (non-hydrogen) atoms. The first-order valence-corrected chi connectivity index (χ1v) is 8.18. The van der Waals surface area contributed by atoms with Crippen molar-refractivity contribution in [3.8, 4) is 0 Å². The molecule has 1 aliphatic rings. The van der Waals surface area contributed by atoms with E-state index in [0.29, 0.717) is 18.4 Å². The van der Waals surface area contributed by atoms with Gasteiger partial charge in [0.1, 0.15) is 11.6 Å². The monoisotopic (exact) mass is 310 g/mol. The van der Waals surface area contributed by atoms with Crippen LogP contribution < -0.4 is 16.1 Å². The van der Waals surface area contributed by atoms with Crippen molar-refractivity contribution in [2.45, 2.75) is 39.5 Å². The smallest absolute Gasteiger partial charge is 0.300 e. The first-order chi connectivity index (χ1) is 11.2. The Kier molecular flexibility index (Phi) is 4.60. The van der Waals surface area contributed by atoms with E-state index in [1.807, 2.05) is 18.2 Å². The number of nitrogens with one attached hydrogen (secondary N) is 1. The van der Waals surface area contributed by atoms with E-state index >= 15 is 0 Å². The maximum Gasteiger partial charge on any atom is 0.300 e. The van der Waals surface area contributed by atoms with Gasteiger partial charge >= 0.3 is 0 Å². The molecule has 120 valence electrons. The molecule has 1 unspecified atom stereocenters. The van der Waals surface area contributed by atoms with E-state index < -0.39 is 0 Å². The van der Waals surface area contributed by atoms with E-state index in [1.54, 1.807) is 0 Å². The van der Waals surface area contributed by atoms with Gasteiger partial charge in [-0.3, -0.25) is 0 Å². The molecule has 3 rings (SSSR count). The minimum absolute atomic E-state index is 0.363. The van der Waals surface area contributed by atoms with Gasteiger partial charge in [0.25, 0.3) is 6.01 Å². The lowest BCUT2D eigenvalue weighted by Gasteiger charge is -2.14. The number of para-hydroxylation sites is 1. The van der Waals surface area contributed by atoms with Gasteiger partial charge in [0.2, 0.25) is 0 Å². The van der Waals surface area contributed by atoms with Crippen LogP contribution in [0.5, 0.6) is 0 Å². The van der Waals surface area contributed by atoms with Crippen LogP contribution in [0.4, 0.5) is 11.7 Å². The summed E-state index contributed by atoms with van der Waals surface area (Å²) in [5.41, 5.74) is 4.29. The maximum absolute atomic E-state index is 10.6. The highest BCUT2D eigenvalue weighted by atomic mass is 16.4. The Morgan fingerprint density at radius 1 is 1.39 bits per heavy atom. The molecule has 2 aromatic rings. The normalized spacial score (nSPS) is 16.6. The van der Waals surface area contributed by atoms with Gasteiger partial charge in [-0.25, -0.2) is 0 Å². The molecule has 1 aromatic carbocycles. The molecule has 1 aromatic heterocycles. The van der Waals surface area contributed by atoms with Gasteiger partial charge in [0.15, 0.2) is 5.42 Å². The number of carbonyl (C=O) groups is 1. The molecule has 1 heterocycles. The summed E-state index contributed by atoms with van der Waals surface area (Å²) in [7, 11) is 0. The summed E-state index contributed by atoms with van der Waals surface area (Å²) in [6.45, 7) is 4.20. The number of carbonyl (C=O) groups excluding carboxylic acids is 1. The highest BCUT2D eigenvalue weighted by molar-refractivity contribution is 5.58. The van der Waals surface area contributed by atoms with Crippen LogP contribution in [-0.4, -0.2) is 11.3 Å². The van der Waals surface area contributed by atoms with Crippen LogP contribution in [0.15, 0.2) is 28.7 Å². The fourth-order valence-electron chi connectivity index (χ4n) is 3.05. The van der Waals surface area contributed by atoms with Crippen LogP contribution in [0.2, 0.25) is 0 Å². The molecular weight excluding hydrogens is 288 g/mol. The van der Waals surface area contributed by atoms with Gasteiger partial charge in [-0.15, -0.1) is 0 Å². The molecule has 0 radical (unpaired) electrons. The number of nitrogens with zero attached hydrogens (tertiary/aromatic N) is 1.